The molecule has 0 saturated carbocycles. The van der Waals surface area contributed by atoms with Gasteiger partial charge in [-0.25, -0.2) is 9.78 Å². The van der Waals surface area contributed by atoms with E-state index in [1.165, 1.54) is 0 Å². The van der Waals surface area contributed by atoms with E-state index >= 15 is 0 Å². The molecule has 43 heavy (non-hydrogen) atoms. The third-order valence-electron chi connectivity index (χ3n) is 6.38. The molecule has 216 valence electrons. The van der Waals surface area contributed by atoms with Crippen molar-refractivity contribution in [1.82, 2.24) is 15.3 Å². The van der Waals surface area contributed by atoms with Crippen LogP contribution < -0.4 is 20.7 Å². The zero-order valence-electron chi connectivity index (χ0n) is 23.1. The number of nitrogens with one attached hydrogen (secondary N) is 3. The number of ether oxygens (including phenoxy) is 1. The second-order valence-corrected chi connectivity index (χ2v) is 10.3. The molecule has 3 aromatic carbocycles. The maximum atomic E-state index is 12.7. The van der Waals surface area contributed by atoms with Crippen molar-refractivity contribution in [3.8, 4) is 5.75 Å². The zero-order chi connectivity index (χ0) is 30.2. The Labute approximate surface area is 258 Å². The topological polar surface area (TPSA) is 105 Å². The molecule has 0 bridgehead atoms. The van der Waals surface area contributed by atoms with Crippen LogP contribution in [-0.4, -0.2) is 28.5 Å². The summed E-state index contributed by atoms with van der Waals surface area (Å²) >= 11 is 13.0. The van der Waals surface area contributed by atoms with Gasteiger partial charge in [-0.05, 0) is 66.6 Å². The first kappa shape index (κ1) is 29.6. The highest BCUT2D eigenvalue weighted by Gasteiger charge is 2.15. The quantitative estimate of drug-likeness (QED) is 0.158. The summed E-state index contributed by atoms with van der Waals surface area (Å²) in [6, 6.07) is 23.4. The molecule has 10 heteroatoms. The molecule has 2 aromatic heterocycles. The summed E-state index contributed by atoms with van der Waals surface area (Å²) in [6.07, 6.45) is 7.32. The van der Waals surface area contributed by atoms with E-state index in [4.69, 9.17) is 27.9 Å². The monoisotopic (exact) mass is 611 g/mol. The first-order valence-corrected chi connectivity index (χ1v) is 14.1. The number of aromatic nitrogens is 2. The molecule has 0 atom stereocenters. The molecular weight excluding hydrogens is 585 g/mol. The average Bonchev–Trinajstić information content (AvgIpc) is 3.01. The Kier molecular flexibility index (Phi) is 9.51. The fourth-order valence-electron chi connectivity index (χ4n) is 4.23. The van der Waals surface area contributed by atoms with E-state index in [1.807, 2.05) is 79.7 Å². The Morgan fingerprint density at radius 1 is 0.884 bits per heavy atom. The van der Waals surface area contributed by atoms with Crippen LogP contribution in [0.2, 0.25) is 10.0 Å². The molecule has 0 spiro atoms. The minimum atomic E-state index is -0.527. The van der Waals surface area contributed by atoms with Gasteiger partial charge in [-0.3, -0.25) is 9.78 Å². The van der Waals surface area contributed by atoms with Gasteiger partial charge in [0.15, 0.2) is 0 Å². The molecular formula is C33H27Cl2N5O3. The Morgan fingerprint density at radius 2 is 1.67 bits per heavy atom. The van der Waals surface area contributed by atoms with E-state index in [0.717, 1.165) is 27.7 Å². The van der Waals surface area contributed by atoms with Gasteiger partial charge in [0.2, 0.25) is 5.91 Å². The van der Waals surface area contributed by atoms with Gasteiger partial charge in [0.05, 0.1) is 17.3 Å². The van der Waals surface area contributed by atoms with Crippen molar-refractivity contribution in [3.63, 3.8) is 0 Å². The molecule has 3 N–H and O–H groups in total. The Bertz CT molecular complexity index is 1810. The highest BCUT2D eigenvalue weighted by atomic mass is 35.5. The molecule has 0 fully saturated rings. The van der Waals surface area contributed by atoms with Crippen molar-refractivity contribution in [3.05, 3.63) is 124 Å². The Balaban J connectivity index is 1.16. The largest absolute Gasteiger partial charge is 0.487 e. The van der Waals surface area contributed by atoms with Crippen LogP contribution in [0.25, 0.3) is 23.1 Å². The molecule has 0 unspecified atom stereocenters. The van der Waals surface area contributed by atoms with Crippen molar-refractivity contribution >= 4 is 69.6 Å². The van der Waals surface area contributed by atoms with Crippen LogP contribution in [0.3, 0.4) is 0 Å². The number of hydrogen-bond donors (Lipinski definition) is 3. The summed E-state index contributed by atoms with van der Waals surface area (Å²) in [7, 11) is 0. The van der Waals surface area contributed by atoms with Gasteiger partial charge in [-0.2, -0.15) is 0 Å². The molecule has 0 aliphatic carbocycles. The molecule has 5 aromatic rings. The van der Waals surface area contributed by atoms with Gasteiger partial charge < -0.3 is 20.7 Å². The third kappa shape index (κ3) is 7.88. The number of amides is 3. The van der Waals surface area contributed by atoms with Crippen LogP contribution in [0.5, 0.6) is 5.75 Å². The number of fused-ring (bicyclic) bond motifs is 1. The lowest BCUT2D eigenvalue weighted by atomic mass is 10.1. The lowest BCUT2D eigenvalue weighted by Gasteiger charge is -2.15. The van der Waals surface area contributed by atoms with Crippen LogP contribution in [0.15, 0.2) is 91.3 Å². The smallest absolute Gasteiger partial charge is 0.319 e. The number of nitrogens with zero attached hydrogens (tertiary/aromatic N) is 2. The van der Waals surface area contributed by atoms with Gasteiger partial charge in [-0.15, -0.1) is 0 Å². The number of halogens is 2. The minimum Gasteiger partial charge on any atom is -0.487 e. The second kappa shape index (κ2) is 13.8. The Hall–Kier alpha value is -4.92. The number of carbonyl (C=O) groups is 2. The highest BCUT2D eigenvalue weighted by molar-refractivity contribution is 6.38. The van der Waals surface area contributed by atoms with E-state index < -0.39 is 11.9 Å². The van der Waals surface area contributed by atoms with E-state index in [2.05, 4.69) is 25.9 Å². The molecule has 2 heterocycles. The summed E-state index contributed by atoms with van der Waals surface area (Å²) in [4.78, 5) is 33.7. The van der Waals surface area contributed by atoms with Crippen LogP contribution in [0.1, 0.15) is 22.4 Å². The van der Waals surface area contributed by atoms with Crippen LogP contribution in [0.4, 0.5) is 16.2 Å². The third-order valence-corrected chi connectivity index (χ3v) is 7.17. The van der Waals surface area contributed by atoms with Crippen molar-refractivity contribution in [2.45, 2.75) is 13.5 Å². The number of para-hydroxylation sites is 1. The summed E-state index contributed by atoms with van der Waals surface area (Å²) in [6.45, 7) is 1.70. The van der Waals surface area contributed by atoms with E-state index in [1.54, 1.807) is 30.6 Å². The van der Waals surface area contributed by atoms with Crippen LogP contribution >= 0.6 is 23.2 Å². The fraction of sp³-hybridized carbons (Fsp3) is 0.0909. The minimum absolute atomic E-state index is 0.0631. The van der Waals surface area contributed by atoms with Gasteiger partial charge in [-0.1, -0.05) is 65.7 Å². The lowest BCUT2D eigenvalue weighted by molar-refractivity contribution is -0.115. The van der Waals surface area contributed by atoms with Crippen LogP contribution in [-0.2, 0) is 11.4 Å². The predicted molar refractivity (Wildman–Crippen MR) is 173 cm³/mol. The summed E-state index contributed by atoms with van der Waals surface area (Å²) in [5.41, 5.74) is 4.94. The van der Waals surface area contributed by atoms with Gasteiger partial charge >= 0.3 is 6.03 Å². The first-order valence-electron chi connectivity index (χ1n) is 13.3. The number of anilines is 2. The molecule has 0 saturated heterocycles. The number of pyridine rings is 2. The maximum absolute atomic E-state index is 12.7. The molecule has 0 aliphatic rings. The Morgan fingerprint density at radius 3 is 2.51 bits per heavy atom. The van der Waals surface area contributed by atoms with Crippen molar-refractivity contribution in [1.29, 1.82) is 0 Å². The number of aryl methyl sites for hydroxylation is 1. The van der Waals surface area contributed by atoms with Crippen molar-refractivity contribution < 1.29 is 14.3 Å². The second-order valence-electron chi connectivity index (χ2n) is 9.55. The molecule has 0 radical (unpaired) electrons. The van der Waals surface area contributed by atoms with Gasteiger partial charge in [0.25, 0.3) is 0 Å². The standard InChI is InChI=1S/C33H27Cl2N5O3/c1-21-8-11-24-5-3-7-29(32(24)38-21)43-20-26-27(34)12-13-28(31(26)35)40-30(41)19-37-33(42)39-25-6-2-4-23(18-25)10-9-22-14-16-36-17-15-22/h2-18H,19-20H2,1H3,(H,40,41)(H2,37,39,42). The number of carbonyl (C=O) groups excluding carboxylic acids is 2. The molecule has 5 rings (SSSR count). The fourth-order valence-corrected chi connectivity index (χ4v) is 4.75. The normalized spacial score (nSPS) is 11.0. The van der Waals surface area contributed by atoms with Crippen molar-refractivity contribution in [2.24, 2.45) is 0 Å². The molecule has 8 nitrogen and oxygen atoms in total. The number of rotatable bonds is 9. The summed E-state index contributed by atoms with van der Waals surface area (Å²) in [5, 5.41) is 9.59. The molecule has 0 aliphatic heterocycles. The SMILES string of the molecule is Cc1ccc2cccc(OCc3c(Cl)ccc(NC(=O)CNC(=O)Nc4cccc(C=Cc5ccncc5)c4)c3Cl)c2n1. The van der Waals surface area contributed by atoms with Crippen LogP contribution in [0, 0.1) is 6.92 Å². The summed E-state index contributed by atoms with van der Waals surface area (Å²) in [5.74, 6) is 0.127. The van der Waals surface area contributed by atoms with E-state index in [0.29, 0.717) is 27.7 Å². The van der Waals surface area contributed by atoms with Gasteiger partial charge in [0.1, 0.15) is 17.9 Å². The van der Waals surface area contributed by atoms with E-state index in [-0.39, 0.29) is 18.2 Å². The number of hydrogen-bond acceptors (Lipinski definition) is 5. The predicted octanol–water partition coefficient (Wildman–Crippen LogP) is 7.75. The van der Waals surface area contributed by atoms with Crippen molar-refractivity contribution in [2.75, 3.05) is 17.2 Å². The highest BCUT2D eigenvalue weighted by Crippen LogP contribution is 2.33. The lowest BCUT2D eigenvalue weighted by Crippen LogP contribution is -2.35. The van der Waals surface area contributed by atoms with E-state index in [9.17, 15) is 9.59 Å². The first-order chi connectivity index (χ1) is 20.9. The summed E-state index contributed by atoms with van der Waals surface area (Å²) < 4.78 is 6.05. The maximum Gasteiger partial charge on any atom is 0.319 e. The average molecular weight is 613 g/mol. The number of urea groups is 1. The zero-order valence-corrected chi connectivity index (χ0v) is 24.6. The number of benzene rings is 3. The van der Waals surface area contributed by atoms with Gasteiger partial charge in [0, 0.05) is 39.7 Å². The molecule has 3 amide bonds.